The topological polar surface area (TPSA) is 35.6 Å². The first-order valence-corrected chi connectivity index (χ1v) is 10.5. The zero-order valence-corrected chi connectivity index (χ0v) is 17.9. The highest BCUT2D eigenvalue weighted by Crippen LogP contribution is 2.39. The maximum absolute atomic E-state index is 13.2. The van der Waals surface area contributed by atoms with Gasteiger partial charge in [0.25, 0.3) is 0 Å². The number of piperidine rings is 1. The van der Waals surface area contributed by atoms with E-state index in [1.807, 2.05) is 36.1 Å². The molecule has 0 radical (unpaired) electrons. The lowest BCUT2D eigenvalue weighted by atomic mass is 9.85. The molecular weight excluding hydrogens is 448 g/mol. The highest BCUT2D eigenvalue weighted by Gasteiger charge is 2.50. The van der Waals surface area contributed by atoms with E-state index in [2.05, 4.69) is 5.32 Å². The van der Waals surface area contributed by atoms with Gasteiger partial charge in [0, 0.05) is 25.3 Å². The lowest BCUT2D eigenvalue weighted by Crippen LogP contribution is -2.56. The largest absolute Gasteiger partial charge is 0.416 e. The molecule has 10 heteroatoms. The second-order valence-corrected chi connectivity index (χ2v) is 8.60. The molecule has 0 atom stereocenters. The molecule has 2 fully saturated rings. The molecule has 0 unspecified atom stereocenters. The van der Waals surface area contributed by atoms with E-state index in [1.54, 1.807) is 4.90 Å². The van der Waals surface area contributed by atoms with Crippen molar-refractivity contribution in [1.82, 2.24) is 10.2 Å². The van der Waals surface area contributed by atoms with Crippen LogP contribution in [0.15, 0.2) is 42.5 Å². The summed E-state index contributed by atoms with van der Waals surface area (Å²) < 4.78 is 79.0. The van der Waals surface area contributed by atoms with Crippen LogP contribution in [0.4, 0.5) is 32.0 Å². The summed E-state index contributed by atoms with van der Waals surface area (Å²) in [6, 6.07) is 9.35. The number of hydrogen-bond acceptors (Lipinski definition) is 3. The Morgan fingerprint density at radius 1 is 0.939 bits per heavy atom. The van der Waals surface area contributed by atoms with E-state index in [4.69, 9.17) is 0 Å². The molecule has 4 rings (SSSR count). The Morgan fingerprint density at radius 2 is 1.52 bits per heavy atom. The van der Waals surface area contributed by atoms with Crippen LogP contribution in [-0.4, -0.2) is 36.1 Å². The van der Waals surface area contributed by atoms with Gasteiger partial charge < -0.3 is 10.2 Å². The molecule has 1 spiro atoms. The number of nitrogens with zero attached hydrogens (tertiary/aromatic N) is 2. The van der Waals surface area contributed by atoms with Crippen LogP contribution < -0.4 is 10.2 Å². The average molecular weight is 471 g/mol. The molecule has 1 amide bonds. The fourth-order valence-corrected chi connectivity index (χ4v) is 4.72. The average Bonchev–Trinajstić information content (AvgIpc) is 3.04. The predicted octanol–water partition coefficient (Wildman–Crippen LogP) is 4.96. The summed E-state index contributed by atoms with van der Waals surface area (Å²) in [4.78, 5) is 16.6. The molecule has 1 N–H and O–H groups in total. The Bertz CT molecular complexity index is 1010. The standard InChI is InChI=1S/C23H23F6N3O/c1-15-4-2-3-5-19(15)32-14-30-20(33)21(32)6-8-31(9-7-21)13-16-10-17(22(24,25)26)12-18(11-16)23(27,28)29/h2-5,10-12H,6-9,13-14H2,1H3,(H,30,33). The Hall–Kier alpha value is -2.75. The molecule has 2 aromatic rings. The van der Waals surface area contributed by atoms with Crippen LogP contribution in [0, 0.1) is 6.92 Å². The van der Waals surface area contributed by atoms with Crippen molar-refractivity contribution in [3.05, 3.63) is 64.7 Å². The third-order valence-corrected chi connectivity index (χ3v) is 6.48. The van der Waals surface area contributed by atoms with Gasteiger partial charge >= 0.3 is 12.4 Å². The summed E-state index contributed by atoms with van der Waals surface area (Å²) in [6.45, 7) is 2.98. The van der Waals surface area contributed by atoms with Crippen LogP contribution in [0.2, 0.25) is 0 Å². The number of halogens is 6. The second-order valence-electron chi connectivity index (χ2n) is 8.60. The number of carbonyl (C=O) groups is 1. The SMILES string of the molecule is Cc1ccccc1N1CNC(=O)C12CCN(Cc1cc(C(F)(F)F)cc(C(F)(F)F)c1)CC2. The first-order chi connectivity index (χ1) is 15.4. The summed E-state index contributed by atoms with van der Waals surface area (Å²) in [5.41, 5.74) is -1.53. The van der Waals surface area contributed by atoms with Gasteiger partial charge in [-0.25, -0.2) is 0 Å². The fourth-order valence-electron chi connectivity index (χ4n) is 4.72. The minimum atomic E-state index is -4.88. The highest BCUT2D eigenvalue weighted by atomic mass is 19.4. The molecule has 0 aromatic heterocycles. The number of aryl methyl sites for hydroxylation is 1. The van der Waals surface area contributed by atoms with Crippen molar-refractivity contribution in [3.8, 4) is 0 Å². The van der Waals surface area contributed by atoms with E-state index in [9.17, 15) is 31.1 Å². The van der Waals surface area contributed by atoms with Gasteiger partial charge in [0.1, 0.15) is 5.54 Å². The van der Waals surface area contributed by atoms with Crippen LogP contribution in [-0.2, 0) is 23.7 Å². The first kappa shape index (κ1) is 23.4. The third kappa shape index (κ3) is 4.53. The lowest BCUT2D eigenvalue weighted by Gasteiger charge is -2.43. The van der Waals surface area contributed by atoms with Crippen molar-refractivity contribution in [2.75, 3.05) is 24.7 Å². The Labute approximate surface area is 187 Å². The van der Waals surface area contributed by atoms with Gasteiger partial charge in [-0.15, -0.1) is 0 Å². The molecule has 2 aromatic carbocycles. The number of amides is 1. The molecular formula is C23H23F6N3O. The third-order valence-electron chi connectivity index (χ3n) is 6.48. The number of nitrogens with one attached hydrogen (secondary N) is 1. The van der Waals surface area contributed by atoms with Gasteiger partial charge in [0.2, 0.25) is 5.91 Å². The zero-order valence-electron chi connectivity index (χ0n) is 17.9. The fraction of sp³-hybridized carbons (Fsp3) is 0.435. The summed E-state index contributed by atoms with van der Waals surface area (Å²) in [7, 11) is 0. The number of likely N-dealkylation sites (tertiary alicyclic amines) is 1. The summed E-state index contributed by atoms with van der Waals surface area (Å²) in [5, 5.41) is 2.89. The van der Waals surface area contributed by atoms with Gasteiger partial charge in [-0.1, -0.05) is 18.2 Å². The number of para-hydroxylation sites is 1. The van der Waals surface area contributed by atoms with Crippen molar-refractivity contribution in [2.45, 2.75) is 44.2 Å². The van der Waals surface area contributed by atoms with Gasteiger partial charge in [0.15, 0.2) is 0 Å². The lowest BCUT2D eigenvalue weighted by molar-refractivity contribution is -0.143. The number of benzene rings is 2. The van der Waals surface area contributed by atoms with Crippen LogP contribution in [0.1, 0.15) is 35.1 Å². The van der Waals surface area contributed by atoms with E-state index in [0.717, 1.165) is 23.4 Å². The van der Waals surface area contributed by atoms with Gasteiger partial charge in [0.05, 0.1) is 17.8 Å². The van der Waals surface area contributed by atoms with Crippen LogP contribution in [0.3, 0.4) is 0 Å². The van der Waals surface area contributed by atoms with Crippen molar-refractivity contribution in [1.29, 1.82) is 0 Å². The number of carbonyl (C=O) groups excluding carboxylic acids is 1. The van der Waals surface area contributed by atoms with E-state index in [1.165, 1.54) is 0 Å². The molecule has 178 valence electrons. The maximum Gasteiger partial charge on any atom is 0.416 e. The Kier molecular flexibility index (Phi) is 5.84. The summed E-state index contributed by atoms with van der Waals surface area (Å²) in [6.07, 6.45) is -8.92. The van der Waals surface area contributed by atoms with E-state index in [-0.39, 0.29) is 24.1 Å². The number of anilines is 1. The minimum absolute atomic E-state index is 0.0558. The molecule has 0 bridgehead atoms. The smallest absolute Gasteiger partial charge is 0.339 e. The van der Waals surface area contributed by atoms with E-state index >= 15 is 0 Å². The highest BCUT2D eigenvalue weighted by molar-refractivity contribution is 5.93. The molecule has 2 heterocycles. The van der Waals surface area contributed by atoms with Crippen molar-refractivity contribution in [2.24, 2.45) is 0 Å². The molecule has 2 aliphatic heterocycles. The number of rotatable bonds is 3. The second kappa shape index (κ2) is 8.23. The molecule has 4 nitrogen and oxygen atoms in total. The van der Waals surface area contributed by atoms with Crippen LogP contribution in [0.25, 0.3) is 0 Å². The van der Waals surface area contributed by atoms with E-state index < -0.39 is 29.0 Å². The zero-order chi connectivity index (χ0) is 24.0. The quantitative estimate of drug-likeness (QED) is 0.643. The molecule has 0 aliphatic carbocycles. The number of alkyl halides is 6. The van der Waals surface area contributed by atoms with Crippen LogP contribution in [0.5, 0.6) is 0 Å². The Balaban J connectivity index is 1.54. The van der Waals surface area contributed by atoms with Crippen molar-refractivity contribution < 1.29 is 31.1 Å². The molecule has 0 saturated carbocycles. The van der Waals surface area contributed by atoms with Gasteiger partial charge in [-0.2, -0.15) is 26.3 Å². The van der Waals surface area contributed by atoms with Crippen molar-refractivity contribution in [3.63, 3.8) is 0 Å². The van der Waals surface area contributed by atoms with Gasteiger partial charge in [-0.3, -0.25) is 9.69 Å². The van der Waals surface area contributed by atoms with Gasteiger partial charge in [-0.05, 0) is 55.2 Å². The first-order valence-electron chi connectivity index (χ1n) is 10.5. The van der Waals surface area contributed by atoms with Crippen molar-refractivity contribution >= 4 is 11.6 Å². The molecule has 33 heavy (non-hydrogen) atoms. The number of hydrogen-bond donors (Lipinski definition) is 1. The molecule has 2 saturated heterocycles. The normalized spacial score (nSPS) is 19.2. The summed E-state index contributed by atoms with van der Waals surface area (Å²) >= 11 is 0. The minimum Gasteiger partial charge on any atom is -0.339 e. The summed E-state index contributed by atoms with van der Waals surface area (Å²) in [5.74, 6) is -0.108. The van der Waals surface area contributed by atoms with Crippen LogP contribution >= 0.6 is 0 Å². The Morgan fingerprint density at radius 3 is 2.06 bits per heavy atom. The van der Waals surface area contributed by atoms with E-state index in [0.29, 0.717) is 32.6 Å². The molecule has 2 aliphatic rings. The predicted molar refractivity (Wildman–Crippen MR) is 110 cm³/mol. The maximum atomic E-state index is 13.2. The monoisotopic (exact) mass is 471 g/mol.